The third-order valence-corrected chi connectivity index (χ3v) is 5.22. The van der Waals surface area contributed by atoms with Gasteiger partial charge in [-0.2, -0.15) is 4.31 Å². The van der Waals surface area contributed by atoms with Gasteiger partial charge < -0.3 is 10.8 Å². The summed E-state index contributed by atoms with van der Waals surface area (Å²) in [6, 6.07) is 6.19. The number of nitrogen functional groups attached to an aromatic ring is 1. The van der Waals surface area contributed by atoms with Crippen molar-refractivity contribution in [3.8, 4) is 0 Å². The van der Waals surface area contributed by atoms with Crippen molar-refractivity contribution in [2.45, 2.75) is 24.3 Å². The van der Waals surface area contributed by atoms with E-state index in [9.17, 15) is 13.5 Å². The lowest BCUT2D eigenvalue weighted by atomic mass is 9.99. The van der Waals surface area contributed by atoms with Crippen molar-refractivity contribution >= 4 is 15.7 Å². The van der Waals surface area contributed by atoms with E-state index < -0.39 is 16.1 Å². The van der Waals surface area contributed by atoms with Crippen LogP contribution in [0.5, 0.6) is 0 Å². The molecular weight excluding hydrogens is 252 g/mol. The van der Waals surface area contributed by atoms with Crippen molar-refractivity contribution in [1.82, 2.24) is 4.31 Å². The highest BCUT2D eigenvalue weighted by atomic mass is 32.2. The molecular formula is C12H18N2O3S. The third kappa shape index (κ3) is 2.50. The van der Waals surface area contributed by atoms with E-state index in [1.54, 1.807) is 12.1 Å². The Labute approximate surface area is 107 Å². The molecule has 5 nitrogen and oxygen atoms in total. The molecule has 1 saturated heterocycles. The number of anilines is 1. The molecule has 0 aromatic heterocycles. The van der Waals surface area contributed by atoms with E-state index >= 15 is 0 Å². The number of sulfonamides is 1. The van der Waals surface area contributed by atoms with Crippen LogP contribution in [0.4, 0.5) is 5.69 Å². The molecule has 1 aliphatic heterocycles. The summed E-state index contributed by atoms with van der Waals surface area (Å²) < 4.78 is 26.1. The third-order valence-electron chi connectivity index (χ3n) is 3.34. The van der Waals surface area contributed by atoms with Crippen LogP contribution in [0.1, 0.15) is 13.3 Å². The zero-order valence-corrected chi connectivity index (χ0v) is 11.1. The van der Waals surface area contributed by atoms with Crippen LogP contribution in [0.3, 0.4) is 0 Å². The van der Waals surface area contributed by atoms with Gasteiger partial charge in [-0.25, -0.2) is 8.42 Å². The summed E-state index contributed by atoms with van der Waals surface area (Å²) in [5, 5.41) is 9.63. The maximum atomic E-state index is 12.4. The SMILES string of the molecule is CC1CN(S(=O)(=O)c2ccc(N)cc2)CCC1O. The number of aliphatic hydroxyl groups excluding tert-OH is 1. The van der Waals surface area contributed by atoms with Gasteiger partial charge in [0.15, 0.2) is 0 Å². The fourth-order valence-corrected chi connectivity index (χ4v) is 3.66. The minimum Gasteiger partial charge on any atom is -0.399 e. The minimum absolute atomic E-state index is 0.0395. The first kappa shape index (κ1) is 13.3. The van der Waals surface area contributed by atoms with Crippen molar-refractivity contribution in [3.63, 3.8) is 0 Å². The molecule has 0 aliphatic carbocycles. The second kappa shape index (κ2) is 4.87. The lowest BCUT2D eigenvalue weighted by Gasteiger charge is -2.33. The van der Waals surface area contributed by atoms with Gasteiger partial charge >= 0.3 is 0 Å². The Morgan fingerprint density at radius 3 is 2.50 bits per heavy atom. The van der Waals surface area contributed by atoms with Crippen molar-refractivity contribution in [1.29, 1.82) is 0 Å². The molecule has 0 bridgehead atoms. The van der Waals surface area contributed by atoms with Gasteiger partial charge in [-0.15, -0.1) is 0 Å². The minimum atomic E-state index is -3.47. The van der Waals surface area contributed by atoms with E-state index in [0.717, 1.165) is 0 Å². The zero-order chi connectivity index (χ0) is 13.3. The second-order valence-electron chi connectivity index (χ2n) is 4.77. The van der Waals surface area contributed by atoms with Gasteiger partial charge in [0.1, 0.15) is 0 Å². The largest absolute Gasteiger partial charge is 0.399 e. The molecule has 2 rings (SSSR count). The van der Waals surface area contributed by atoms with Crippen LogP contribution >= 0.6 is 0 Å². The smallest absolute Gasteiger partial charge is 0.243 e. The van der Waals surface area contributed by atoms with E-state index in [1.165, 1.54) is 16.4 Å². The molecule has 2 atom stereocenters. The number of nitrogens with two attached hydrogens (primary N) is 1. The van der Waals surface area contributed by atoms with Gasteiger partial charge in [0.2, 0.25) is 10.0 Å². The molecule has 0 saturated carbocycles. The van der Waals surface area contributed by atoms with Crippen LogP contribution in [0.15, 0.2) is 29.2 Å². The Balaban J connectivity index is 2.24. The highest BCUT2D eigenvalue weighted by molar-refractivity contribution is 7.89. The summed E-state index contributed by atoms with van der Waals surface area (Å²) in [7, 11) is -3.47. The predicted molar refractivity (Wildman–Crippen MR) is 69.4 cm³/mol. The molecule has 1 aromatic rings. The van der Waals surface area contributed by atoms with Crippen LogP contribution in [-0.2, 0) is 10.0 Å². The fourth-order valence-electron chi connectivity index (χ4n) is 2.10. The Bertz CT molecular complexity index is 513. The van der Waals surface area contributed by atoms with Gasteiger partial charge in [-0.05, 0) is 36.6 Å². The van der Waals surface area contributed by atoms with Gasteiger partial charge in [0, 0.05) is 18.8 Å². The molecule has 2 unspecified atom stereocenters. The Morgan fingerprint density at radius 2 is 1.94 bits per heavy atom. The average Bonchev–Trinajstić information content (AvgIpc) is 2.33. The number of aliphatic hydroxyl groups is 1. The summed E-state index contributed by atoms with van der Waals surface area (Å²) in [5.41, 5.74) is 6.09. The highest BCUT2D eigenvalue weighted by Crippen LogP contribution is 2.24. The standard InChI is InChI=1S/C12H18N2O3S/c1-9-8-14(7-6-12(9)15)18(16,17)11-4-2-10(13)3-5-11/h2-5,9,12,15H,6-8,13H2,1H3. The first-order chi connectivity index (χ1) is 8.41. The van der Waals surface area contributed by atoms with Crippen molar-refractivity contribution < 1.29 is 13.5 Å². The molecule has 0 radical (unpaired) electrons. The summed E-state index contributed by atoms with van der Waals surface area (Å²) in [5.74, 6) is -0.0395. The molecule has 1 fully saturated rings. The number of hydrogen-bond acceptors (Lipinski definition) is 4. The van der Waals surface area contributed by atoms with Gasteiger partial charge in [-0.1, -0.05) is 6.92 Å². The second-order valence-corrected chi connectivity index (χ2v) is 6.70. The summed E-state index contributed by atoms with van der Waals surface area (Å²) in [6.07, 6.45) is 0.0675. The number of hydrogen-bond donors (Lipinski definition) is 2. The molecule has 0 spiro atoms. The van der Waals surface area contributed by atoms with E-state index in [4.69, 9.17) is 5.73 Å². The normalized spacial score (nSPS) is 26.1. The number of piperidine rings is 1. The molecule has 1 aromatic carbocycles. The molecule has 18 heavy (non-hydrogen) atoms. The number of nitrogens with zero attached hydrogens (tertiary/aromatic N) is 1. The molecule has 3 N–H and O–H groups in total. The number of rotatable bonds is 2. The molecule has 0 amide bonds. The topological polar surface area (TPSA) is 83.6 Å². The predicted octanol–water partition coefficient (Wildman–Crippen LogP) is 0.660. The summed E-state index contributed by atoms with van der Waals surface area (Å²) in [4.78, 5) is 0.250. The molecule has 100 valence electrons. The maximum Gasteiger partial charge on any atom is 0.243 e. The molecule has 1 heterocycles. The van der Waals surface area contributed by atoms with Crippen LogP contribution in [0, 0.1) is 5.92 Å². The zero-order valence-electron chi connectivity index (χ0n) is 10.3. The lowest BCUT2D eigenvalue weighted by Crippen LogP contribution is -2.44. The summed E-state index contributed by atoms with van der Waals surface area (Å²) in [6.45, 7) is 2.57. The maximum absolute atomic E-state index is 12.4. The fraction of sp³-hybridized carbons (Fsp3) is 0.500. The van der Waals surface area contributed by atoms with E-state index in [2.05, 4.69) is 0 Å². The Kier molecular flexibility index (Phi) is 3.61. The van der Waals surface area contributed by atoms with Gasteiger partial charge in [-0.3, -0.25) is 0 Å². The van der Waals surface area contributed by atoms with E-state index in [1.807, 2.05) is 6.92 Å². The quantitative estimate of drug-likeness (QED) is 0.773. The van der Waals surface area contributed by atoms with Crippen LogP contribution < -0.4 is 5.73 Å². The van der Waals surface area contributed by atoms with Crippen LogP contribution in [0.2, 0.25) is 0 Å². The lowest BCUT2D eigenvalue weighted by molar-refractivity contribution is 0.0628. The van der Waals surface area contributed by atoms with Crippen LogP contribution in [-0.4, -0.2) is 37.0 Å². The van der Waals surface area contributed by atoms with E-state index in [0.29, 0.717) is 25.2 Å². The van der Waals surface area contributed by atoms with Crippen LogP contribution in [0.25, 0.3) is 0 Å². The van der Waals surface area contributed by atoms with Crippen molar-refractivity contribution in [3.05, 3.63) is 24.3 Å². The Morgan fingerprint density at radius 1 is 1.33 bits per heavy atom. The Hall–Kier alpha value is -1.11. The van der Waals surface area contributed by atoms with Gasteiger partial charge in [0.25, 0.3) is 0 Å². The highest BCUT2D eigenvalue weighted by Gasteiger charge is 2.32. The van der Waals surface area contributed by atoms with Crippen molar-refractivity contribution in [2.24, 2.45) is 5.92 Å². The van der Waals surface area contributed by atoms with Crippen molar-refractivity contribution in [2.75, 3.05) is 18.8 Å². The molecule has 6 heteroatoms. The average molecular weight is 270 g/mol. The first-order valence-corrected chi connectivity index (χ1v) is 7.39. The number of benzene rings is 1. The monoisotopic (exact) mass is 270 g/mol. The molecule has 1 aliphatic rings. The summed E-state index contributed by atoms with van der Waals surface area (Å²) >= 11 is 0. The van der Waals surface area contributed by atoms with Gasteiger partial charge in [0.05, 0.1) is 11.0 Å². The van der Waals surface area contributed by atoms with E-state index in [-0.39, 0.29) is 10.8 Å². The first-order valence-electron chi connectivity index (χ1n) is 5.95.